The molecule has 0 aromatic rings. The fraction of sp³-hybridized carbons (Fsp3) is 0.800. The van der Waals surface area contributed by atoms with Crippen LogP contribution in [0, 0.1) is 0 Å². The van der Waals surface area contributed by atoms with Gasteiger partial charge in [0.15, 0.2) is 6.10 Å². The van der Waals surface area contributed by atoms with Crippen molar-refractivity contribution in [3.8, 4) is 0 Å². The van der Waals surface area contributed by atoms with Crippen molar-refractivity contribution in [1.82, 2.24) is 0 Å². The lowest BCUT2D eigenvalue weighted by molar-refractivity contribution is -0.167. The smallest absolute Gasteiger partial charge is 0.306 e. The van der Waals surface area contributed by atoms with E-state index in [1.807, 2.05) is 0 Å². The van der Waals surface area contributed by atoms with Crippen molar-refractivity contribution >= 4 is 17.9 Å². The summed E-state index contributed by atoms with van der Waals surface area (Å²) in [6.45, 7) is 6.48. The maximum atomic E-state index is 12.8. The first kappa shape index (κ1) is 77.9. The summed E-state index contributed by atoms with van der Waals surface area (Å²) in [6, 6.07) is 0. The van der Waals surface area contributed by atoms with E-state index in [4.69, 9.17) is 14.2 Å². The molecule has 0 fully saturated rings. The van der Waals surface area contributed by atoms with Crippen LogP contribution in [0.4, 0.5) is 0 Å². The molecule has 0 bridgehead atoms. The molecule has 0 saturated heterocycles. The Labute approximate surface area is 503 Å². The third-order valence-electron chi connectivity index (χ3n) is 15.7. The van der Waals surface area contributed by atoms with E-state index in [1.165, 1.54) is 225 Å². The molecule has 1 unspecified atom stereocenters. The first-order valence-electron chi connectivity index (χ1n) is 35.4. The molecule has 6 nitrogen and oxygen atoms in total. The van der Waals surface area contributed by atoms with Gasteiger partial charge in [0.2, 0.25) is 0 Å². The van der Waals surface area contributed by atoms with E-state index in [1.54, 1.807) is 0 Å². The molecule has 0 aliphatic carbocycles. The van der Waals surface area contributed by atoms with Crippen LogP contribution in [-0.2, 0) is 28.6 Å². The molecule has 0 aliphatic rings. The van der Waals surface area contributed by atoms with Crippen LogP contribution >= 0.6 is 0 Å². The summed E-state index contributed by atoms with van der Waals surface area (Å²) in [6.07, 6.45) is 91.5. The zero-order valence-electron chi connectivity index (χ0n) is 54.1. The van der Waals surface area contributed by atoms with Gasteiger partial charge in [-0.15, -0.1) is 0 Å². The Kier molecular flexibility index (Phi) is 66.6. The lowest BCUT2D eigenvalue weighted by atomic mass is 10.0. The molecule has 0 rings (SSSR count). The van der Waals surface area contributed by atoms with Gasteiger partial charge in [0, 0.05) is 19.3 Å². The number of hydrogen-bond acceptors (Lipinski definition) is 6. The van der Waals surface area contributed by atoms with Gasteiger partial charge >= 0.3 is 17.9 Å². The molecule has 0 heterocycles. The largest absolute Gasteiger partial charge is 0.462 e. The summed E-state index contributed by atoms with van der Waals surface area (Å²) < 4.78 is 16.8. The number of rotatable bonds is 65. The molecule has 0 radical (unpaired) electrons. The maximum Gasteiger partial charge on any atom is 0.306 e. The third kappa shape index (κ3) is 67.5. The van der Waals surface area contributed by atoms with Gasteiger partial charge < -0.3 is 14.2 Å². The lowest BCUT2D eigenvalue weighted by Crippen LogP contribution is -2.30. The van der Waals surface area contributed by atoms with Gasteiger partial charge in [-0.25, -0.2) is 0 Å². The molecule has 0 N–H and O–H groups in total. The van der Waals surface area contributed by atoms with Crippen LogP contribution in [-0.4, -0.2) is 37.2 Å². The van der Waals surface area contributed by atoms with Crippen molar-refractivity contribution in [2.75, 3.05) is 13.2 Å². The average molecular weight is 1130 g/mol. The molecular weight excluding hydrogens is 997 g/mol. The van der Waals surface area contributed by atoms with E-state index in [0.717, 1.165) is 103 Å². The van der Waals surface area contributed by atoms with Crippen molar-refractivity contribution in [1.29, 1.82) is 0 Å². The fourth-order valence-electron chi connectivity index (χ4n) is 10.4. The standard InChI is InChI=1S/C75H134O6/c1-4-7-10-13-15-17-19-21-23-25-27-29-31-32-33-34-35-36-37-38-39-40-41-42-44-45-47-49-51-53-55-57-59-62-65-68-74(77)80-71-72(70-79-73(76)67-64-61-12-9-6-3)81-75(78)69-66-63-60-58-56-54-52-50-48-46-43-30-28-26-24-22-20-18-16-14-11-8-5-2/h8,11,16,18,22,24-25,27-28,30,46,48,72H,4-7,9-10,12-15,17,19-21,23,26,29,31-45,47,49-71H2,1-3H3/b11-8-,18-16-,24-22-,27-25-,30-28-,48-46-. The van der Waals surface area contributed by atoms with Gasteiger partial charge in [-0.1, -0.05) is 331 Å². The summed E-state index contributed by atoms with van der Waals surface area (Å²) in [5.41, 5.74) is 0. The van der Waals surface area contributed by atoms with Crippen molar-refractivity contribution < 1.29 is 28.6 Å². The topological polar surface area (TPSA) is 78.9 Å². The van der Waals surface area contributed by atoms with Crippen molar-refractivity contribution in [3.05, 3.63) is 72.9 Å². The number of hydrogen-bond donors (Lipinski definition) is 0. The number of unbranched alkanes of at least 4 members (excludes halogenated alkanes) is 42. The lowest BCUT2D eigenvalue weighted by Gasteiger charge is -2.18. The van der Waals surface area contributed by atoms with E-state index >= 15 is 0 Å². The molecule has 470 valence electrons. The van der Waals surface area contributed by atoms with Gasteiger partial charge in [-0.3, -0.25) is 14.4 Å². The zero-order valence-corrected chi connectivity index (χ0v) is 54.1. The Bertz CT molecular complexity index is 1490. The molecule has 0 spiro atoms. The maximum absolute atomic E-state index is 12.8. The Morgan fingerprint density at radius 3 is 0.765 bits per heavy atom. The molecular formula is C75H134O6. The Morgan fingerprint density at radius 2 is 0.481 bits per heavy atom. The molecule has 0 aliphatic heterocycles. The molecule has 1 atom stereocenters. The first-order valence-corrected chi connectivity index (χ1v) is 35.4. The summed E-state index contributed by atoms with van der Waals surface area (Å²) in [5, 5.41) is 0. The van der Waals surface area contributed by atoms with Crippen LogP contribution in [0.25, 0.3) is 0 Å². The number of carbonyl (C=O) groups is 3. The predicted molar refractivity (Wildman–Crippen MR) is 353 cm³/mol. The van der Waals surface area contributed by atoms with Crippen molar-refractivity contribution in [2.24, 2.45) is 0 Å². The number of allylic oxidation sites excluding steroid dienone is 12. The monoisotopic (exact) mass is 1130 g/mol. The van der Waals surface area contributed by atoms with Crippen molar-refractivity contribution in [2.45, 2.75) is 374 Å². The minimum Gasteiger partial charge on any atom is -0.462 e. The first-order chi connectivity index (χ1) is 40.0. The van der Waals surface area contributed by atoms with Gasteiger partial charge in [0.25, 0.3) is 0 Å². The summed E-state index contributed by atoms with van der Waals surface area (Å²) in [5.74, 6) is -0.886. The summed E-state index contributed by atoms with van der Waals surface area (Å²) in [4.78, 5) is 38.0. The van der Waals surface area contributed by atoms with E-state index in [-0.39, 0.29) is 31.1 Å². The number of ether oxygens (including phenoxy) is 3. The van der Waals surface area contributed by atoms with Crippen LogP contribution in [0.3, 0.4) is 0 Å². The normalized spacial score (nSPS) is 12.5. The number of carbonyl (C=O) groups excluding carboxylic acids is 3. The Hall–Kier alpha value is -3.15. The summed E-state index contributed by atoms with van der Waals surface area (Å²) >= 11 is 0. The van der Waals surface area contributed by atoms with Crippen LogP contribution in [0.15, 0.2) is 72.9 Å². The number of esters is 3. The minimum atomic E-state index is -0.778. The predicted octanol–water partition coefficient (Wildman–Crippen LogP) is 24.4. The van der Waals surface area contributed by atoms with Crippen molar-refractivity contribution in [3.63, 3.8) is 0 Å². The molecule has 6 heteroatoms. The molecule has 0 amide bonds. The SMILES string of the molecule is CC/C=C\C/C=C\C/C=C\C/C=C\C/C=C\CCCCCCCCCC(=O)OC(COC(=O)CCCCCCC)COC(=O)CCCCCCCCCCCCCCCCCCCCCCCCC/C=C\CCCCCCCCCC. The van der Waals surface area contributed by atoms with Crippen LogP contribution < -0.4 is 0 Å². The molecule has 0 aromatic heterocycles. The van der Waals surface area contributed by atoms with Gasteiger partial charge in [-0.05, 0) is 89.9 Å². The second-order valence-electron chi connectivity index (χ2n) is 23.8. The zero-order chi connectivity index (χ0) is 58.5. The van der Waals surface area contributed by atoms with E-state index in [0.29, 0.717) is 19.3 Å². The fourth-order valence-corrected chi connectivity index (χ4v) is 10.4. The quantitative estimate of drug-likeness (QED) is 0.0261. The second kappa shape index (κ2) is 69.3. The van der Waals surface area contributed by atoms with Crippen LogP contribution in [0.1, 0.15) is 367 Å². The highest BCUT2D eigenvalue weighted by Crippen LogP contribution is 2.18. The van der Waals surface area contributed by atoms with Gasteiger partial charge in [0.1, 0.15) is 13.2 Å². The third-order valence-corrected chi connectivity index (χ3v) is 15.7. The second-order valence-corrected chi connectivity index (χ2v) is 23.8. The van der Waals surface area contributed by atoms with E-state index in [2.05, 4.69) is 93.7 Å². The van der Waals surface area contributed by atoms with Crippen LogP contribution in [0.5, 0.6) is 0 Å². The Balaban J connectivity index is 3.91. The average Bonchev–Trinajstić information content (AvgIpc) is 3.47. The van der Waals surface area contributed by atoms with Crippen LogP contribution in [0.2, 0.25) is 0 Å². The highest BCUT2D eigenvalue weighted by molar-refractivity contribution is 5.71. The molecule has 0 saturated carbocycles. The Morgan fingerprint density at radius 1 is 0.259 bits per heavy atom. The highest BCUT2D eigenvalue weighted by Gasteiger charge is 2.19. The van der Waals surface area contributed by atoms with E-state index in [9.17, 15) is 14.4 Å². The minimum absolute atomic E-state index is 0.0769. The molecule has 0 aromatic carbocycles. The summed E-state index contributed by atoms with van der Waals surface area (Å²) in [7, 11) is 0. The molecule has 81 heavy (non-hydrogen) atoms. The van der Waals surface area contributed by atoms with Gasteiger partial charge in [0.05, 0.1) is 0 Å². The van der Waals surface area contributed by atoms with Gasteiger partial charge in [-0.2, -0.15) is 0 Å². The highest BCUT2D eigenvalue weighted by atomic mass is 16.6. The van der Waals surface area contributed by atoms with E-state index < -0.39 is 6.10 Å².